The molecule has 2 heteroatoms. The molecule has 2 aliphatic carbocycles. The first-order chi connectivity index (χ1) is 5.68. The summed E-state index contributed by atoms with van der Waals surface area (Å²) in [6, 6.07) is 0. The first-order valence-electron chi connectivity index (χ1n) is 4.44. The average molecular weight is 166 g/mol. The fraction of sp³-hybridized carbons (Fsp3) is 0.700. The zero-order valence-corrected chi connectivity index (χ0v) is 7.43. The maximum absolute atomic E-state index is 11.2. The second kappa shape index (κ2) is 2.35. The maximum Gasteiger partial charge on any atom is 0.309 e. The van der Waals surface area contributed by atoms with E-state index in [0.717, 1.165) is 12.8 Å². The lowest BCUT2D eigenvalue weighted by Crippen LogP contribution is -2.12. The molecule has 66 valence electrons. The Morgan fingerprint density at radius 3 is 2.75 bits per heavy atom. The van der Waals surface area contributed by atoms with Gasteiger partial charge in [-0.25, -0.2) is 0 Å². The van der Waals surface area contributed by atoms with Crippen molar-refractivity contribution in [1.82, 2.24) is 0 Å². The van der Waals surface area contributed by atoms with Crippen LogP contribution in [0, 0.1) is 11.3 Å². The number of carbonyl (C=O) groups excluding carboxylic acids is 1. The van der Waals surface area contributed by atoms with Crippen molar-refractivity contribution in [3.05, 3.63) is 12.2 Å². The van der Waals surface area contributed by atoms with Gasteiger partial charge in [0.15, 0.2) is 0 Å². The smallest absolute Gasteiger partial charge is 0.309 e. The molecule has 2 rings (SSSR count). The molecule has 2 nitrogen and oxygen atoms in total. The van der Waals surface area contributed by atoms with Crippen LogP contribution in [0.5, 0.6) is 0 Å². The Labute approximate surface area is 72.6 Å². The third-order valence-electron chi connectivity index (χ3n) is 3.27. The molecule has 2 saturated carbocycles. The molecule has 1 unspecified atom stereocenters. The molecule has 0 aromatic heterocycles. The van der Waals surface area contributed by atoms with Crippen molar-refractivity contribution in [2.75, 3.05) is 7.11 Å². The van der Waals surface area contributed by atoms with Crippen LogP contribution < -0.4 is 0 Å². The lowest BCUT2D eigenvalue weighted by Gasteiger charge is -2.06. The van der Waals surface area contributed by atoms with Gasteiger partial charge in [0.2, 0.25) is 0 Å². The second-order valence-electron chi connectivity index (χ2n) is 4.01. The fourth-order valence-electron chi connectivity index (χ4n) is 2.24. The van der Waals surface area contributed by atoms with Crippen LogP contribution in [0.15, 0.2) is 12.2 Å². The predicted octanol–water partition coefficient (Wildman–Crippen LogP) is 1.91. The summed E-state index contributed by atoms with van der Waals surface area (Å²) in [7, 11) is 1.46. The van der Waals surface area contributed by atoms with E-state index in [2.05, 4.69) is 6.58 Å². The summed E-state index contributed by atoms with van der Waals surface area (Å²) in [5, 5.41) is 0. The monoisotopic (exact) mass is 166 g/mol. The van der Waals surface area contributed by atoms with Gasteiger partial charge in [-0.15, -0.1) is 0 Å². The fourth-order valence-corrected chi connectivity index (χ4v) is 2.24. The van der Waals surface area contributed by atoms with E-state index in [1.807, 2.05) is 0 Å². The summed E-state index contributed by atoms with van der Waals surface area (Å²) in [5.74, 6) is 0.0462. The van der Waals surface area contributed by atoms with Crippen LogP contribution in [0.2, 0.25) is 0 Å². The number of allylic oxidation sites excluding steroid dienone is 1. The predicted molar refractivity (Wildman–Crippen MR) is 45.5 cm³/mol. The van der Waals surface area contributed by atoms with Gasteiger partial charge in [0, 0.05) is 0 Å². The molecule has 2 fully saturated rings. The van der Waals surface area contributed by atoms with Crippen LogP contribution >= 0.6 is 0 Å². The zero-order chi connectivity index (χ0) is 8.77. The van der Waals surface area contributed by atoms with Crippen molar-refractivity contribution >= 4 is 5.97 Å². The third kappa shape index (κ3) is 0.977. The van der Waals surface area contributed by atoms with Gasteiger partial charge in [-0.2, -0.15) is 0 Å². The summed E-state index contributed by atoms with van der Waals surface area (Å²) in [5.41, 5.74) is 1.64. The first kappa shape index (κ1) is 7.84. The molecule has 0 amide bonds. The molecular formula is C10H14O2. The van der Waals surface area contributed by atoms with Crippen LogP contribution in [0.4, 0.5) is 0 Å². The number of rotatable bonds is 1. The van der Waals surface area contributed by atoms with Crippen molar-refractivity contribution in [2.24, 2.45) is 11.3 Å². The quantitative estimate of drug-likeness (QED) is 0.439. The minimum Gasteiger partial charge on any atom is -0.469 e. The Balaban J connectivity index is 2.06. The van der Waals surface area contributed by atoms with E-state index in [-0.39, 0.29) is 11.9 Å². The van der Waals surface area contributed by atoms with E-state index < -0.39 is 0 Å². The molecule has 2 aliphatic rings. The Morgan fingerprint density at radius 1 is 1.67 bits per heavy atom. The minimum atomic E-state index is -0.0556. The molecule has 1 spiro atoms. The van der Waals surface area contributed by atoms with Crippen LogP contribution in [0.1, 0.15) is 25.7 Å². The van der Waals surface area contributed by atoms with Crippen molar-refractivity contribution in [2.45, 2.75) is 25.7 Å². The highest BCUT2D eigenvalue weighted by molar-refractivity contribution is 5.74. The van der Waals surface area contributed by atoms with Gasteiger partial charge >= 0.3 is 5.97 Å². The van der Waals surface area contributed by atoms with Gasteiger partial charge in [0.1, 0.15) is 0 Å². The Morgan fingerprint density at radius 2 is 2.33 bits per heavy atom. The number of ether oxygens (including phenoxy) is 1. The molecule has 0 heterocycles. The lowest BCUT2D eigenvalue weighted by atomic mass is 10.0. The van der Waals surface area contributed by atoms with Gasteiger partial charge in [0.25, 0.3) is 0 Å². The number of carbonyl (C=O) groups is 1. The van der Waals surface area contributed by atoms with Crippen LogP contribution in [-0.4, -0.2) is 13.1 Å². The minimum absolute atomic E-state index is 0.0556. The Hall–Kier alpha value is -0.790. The lowest BCUT2D eigenvalue weighted by molar-refractivity contribution is -0.145. The van der Waals surface area contributed by atoms with E-state index >= 15 is 0 Å². The molecule has 1 atom stereocenters. The van der Waals surface area contributed by atoms with Gasteiger partial charge in [-0.3, -0.25) is 4.79 Å². The first-order valence-corrected chi connectivity index (χ1v) is 4.44. The Kier molecular flexibility index (Phi) is 1.53. The van der Waals surface area contributed by atoms with E-state index in [4.69, 9.17) is 4.74 Å². The SMILES string of the molecule is C=C1CC(C(=O)OC)CC12CC2. The van der Waals surface area contributed by atoms with Crippen molar-refractivity contribution in [1.29, 1.82) is 0 Å². The Bertz CT molecular complexity index is 238. The summed E-state index contributed by atoms with van der Waals surface area (Å²) in [6.07, 6.45) is 4.31. The molecule has 12 heavy (non-hydrogen) atoms. The number of hydrogen-bond donors (Lipinski definition) is 0. The topological polar surface area (TPSA) is 26.3 Å². The molecule has 0 radical (unpaired) electrons. The highest BCUT2D eigenvalue weighted by atomic mass is 16.5. The normalized spacial score (nSPS) is 30.8. The second-order valence-corrected chi connectivity index (χ2v) is 4.01. The number of methoxy groups -OCH3 is 1. The third-order valence-corrected chi connectivity index (χ3v) is 3.27. The van der Waals surface area contributed by atoms with Gasteiger partial charge < -0.3 is 4.74 Å². The van der Waals surface area contributed by atoms with E-state index in [1.165, 1.54) is 25.5 Å². The van der Waals surface area contributed by atoms with Crippen molar-refractivity contribution < 1.29 is 9.53 Å². The summed E-state index contributed by atoms with van der Waals surface area (Å²) < 4.78 is 4.72. The maximum atomic E-state index is 11.2. The van der Waals surface area contributed by atoms with Crippen molar-refractivity contribution in [3.63, 3.8) is 0 Å². The van der Waals surface area contributed by atoms with E-state index in [1.54, 1.807) is 0 Å². The van der Waals surface area contributed by atoms with Crippen LogP contribution in [0.25, 0.3) is 0 Å². The molecule has 0 aliphatic heterocycles. The van der Waals surface area contributed by atoms with Crippen LogP contribution in [-0.2, 0) is 9.53 Å². The molecule has 0 aromatic carbocycles. The van der Waals surface area contributed by atoms with Gasteiger partial charge in [-0.1, -0.05) is 12.2 Å². The van der Waals surface area contributed by atoms with E-state index in [9.17, 15) is 4.79 Å². The molecule has 0 N–H and O–H groups in total. The molecular weight excluding hydrogens is 152 g/mol. The summed E-state index contributed by atoms with van der Waals surface area (Å²) >= 11 is 0. The van der Waals surface area contributed by atoms with Gasteiger partial charge in [0.05, 0.1) is 13.0 Å². The van der Waals surface area contributed by atoms with Crippen LogP contribution in [0.3, 0.4) is 0 Å². The standard InChI is InChI=1S/C10H14O2/c1-7-5-8(9(11)12-2)6-10(7)3-4-10/h8H,1,3-6H2,2H3. The average Bonchev–Trinajstić information content (AvgIpc) is 2.75. The summed E-state index contributed by atoms with van der Waals surface area (Å²) in [4.78, 5) is 11.2. The molecule has 0 saturated heterocycles. The van der Waals surface area contributed by atoms with E-state index in [0.29, 0.717) is 5.41 Å². The zero-order valence-electron chi connectivity index (χ0n) is 7.43. The van der Waals surface area contributed by atoms with Gasteiger partial charge in [-0.05, 0) is 31.1 Å². The van der Waals surface area contributed by atoms with Crippen molar-refractivity contribution in [3.8, 4) is 0 Å². The molecule has 0 bridgehead atoms. The number of esters is 1. The number of hydrogen-bond acceptors (Lipinski definition) is 2. The molecule has 0 aromatic rings. The largest absolute Gasteiger partial charge is 0.469 e. The highest BCUT2D eigenvalue weighted by Crippen LogP contribution is 2.62. The summed E-state index contributed by atoms with van der Waals surface area (Å²) in [6.45, 7) is 4.03. The highest BCUT2D eigenvalue weighted by Gasteiger charge is 2.52.